The molecule has 0 aromatic carbocycles. The van der Waals surface area contributed by atoms with Gasteiger partial charge in [0.25, 0.3) is 0 Å². The molecular formula is C9H17BO4. The van der Waals surface area contributed by atoms with Crippen molar-refractivity contribution in [1.82, 2.24) is 0 Å². The van der Waals surface area contributed by atoms with Crippen LogP contribution in [0.25, 0.3) is 0 Å². The van der Waals surface area contributed by atoms with Crippen molar-refractivity contribution in [1.29, 1.82) is 0 Å². The monoisotopic (exact) mass is 200 g/mol. The third-order valence-corrected chi connectivity index (χ3v) is 3.32. The molecule has 0 aromatic rings. The van der Waals surface area contributed by atoms with Crippen LogP contribution in [0, 0.1) is 0 Å². The topological polar surface area (TPSA) is 36.9 Å². The maximum atomic E-state index is 5.93. The molecule has 2 bridgehead atoms. The largest absolute Gasteiger partial charge is 0.381 e. The summed E-state index contributed by atoms with van der Waals surface area (Å²) in [5, 5.41) is 0. The van der Waals surface area contributed by atoms with Crippen LogP contribution in [0.5, 0.6) is 0 Å². The van der Waals surface area contributed by atoms with Crippen molar-refractivity contribution in [3.63, 3.8) is 0 Å². The fraction of sp³-hybridized carbons (Fsp3) is 1.00. The highest BCUT2D eigenvalue weighted by atomic mass is 16.7. The number of fused-ring (bicyclic) bond motifs is 2. The molecule has 1 unspecified atom stereocenters. The molecule has 5 heteroatoms. The molecule has 0 spiro atoms. The molecule has 5 atom stereocenters. The van der Waals surface area contributed by atoms with Crippen molar-refractivity contribution in [3.8, 4) is 0 Å². The molecule has 0 saturated carbocycles. The van der Waals surface area contributed by atoms with E-state index in [1.54, 1.807) is 14.2 Å². The second kappa shape index (κ2) is 3.49. The van der Waals surface area contributed by atoms with E-state index in [1.807, 2.05) is 14.8 Å². The summed E-state index contributed by atoms with van der Waals surface area (Å²) in [6.07, 6.45) is 0.0752. The van der Waals surface area contributed by atoms with E-state index >= 15 is 0 Å². The Labute approximate surface area is 85.3 Å². The molecule has 2 heterocycles. The van der Waals surface area contributed by atoms with E-state index in [2.05, 4.69) is 0 Å². The van der Waals surface area contributed by atoms with Crippen LogP contribution in [0.2, 0.25) is 0 Å². The third-order valence-electron chi connectivity index (χ3n) is 3.32. The number of hydrogen-bond donors (Lipinski definition) is 0. The maximum absolute atomic E-state index is 5.93. The Morgan fingerprint density at radius 2 is 2.14 bits per heavy atom. The van der Waals surface area contributed by atoms with Gasteiger partial charge in [-0.15, -0.1) is 0 Å². The summed E-state index contributed by atoms with van der Waals surface area (Å²) >= 11 is 0. The van der Waals surface area contributed by atoms with E-state index < -0.39 is 5.60 Å². The van der Waals surface area contributed by atoms with Crippen LogP contribution in [0.15, 0.2) is 0 Å². The van der Waals surface area contributed by atoms with Crippen molar-refractivity contribution in [3.05, 3.63) is 0 Å². The molecule has 0 amide bonds. The highest BCUT2D eigenvalue weighted by Gasteiger charge is 2.64. The first-order chi connectivity index (χ1) is 6.65. The Kier molecular flexibility index (Phi) is 2.60. The van der Waals surface area contributed by atoms with Gasteiger partial charge >= 0.3 is 0 Å². The molecule has 2 fully saturated rings. The predicted octanol–water partition coefficient (Wildman–Crippen LogP) is -0.837. The lowest BCUT2D eigenvalue weighted by Crippen LogP contribution is -2.50. The normalized spacial score (nSPS) is 51.4. The first-order valence-electron chi connectivity index (χ1n) is 5.00. The van der Waals surface area contributed by atoms with Crippen LogP contribution >= 0.6 is 0 Å². The predicted molar refractivity (Wildman–Crippen MR) is 53.2 cm³/mol. The molecule has 80 valence electrons. The lowest BCUT2D eigenvalue weighted by atomic mass is 9.90. The fourth-order valence-electron chi connectivity index (χ4n) is 2.66. The average molecular weight is 200 g/mol. The summed E-state index contributed by atoms with van der Waals surface area (Å²) in [5.74, 6) is 0. The van der Waals surface area contributed by atoms with E-state index in [-0.39, 0.29) is 24.3 Å². The summed E-state index contributed by atoms with van der Waals surface area (Å²) in [7, 11) is 5.39. The highest BCUT2D eigenvalue weighted by Crippen LogP contribution is 2.44. The average Bonchev–Trinajstić information content (AvgIpc) is 2.54. The quantitative estimate of drug-likeness (QED) is 0.557. The van der Waals surface area contributed by atoms with Crippen molar-refractivity contribution in [2.24, 2.45) is 0 Å². The van der Waals surface area contributed by atoms with Crippen molar-refractivity contribution >= 4 is 7.85 Å². The summed E-state index contributed by atoms with van der Waals surface area (Å²) in [4.78, 5) is 0. The summed E-state index contributed by atoms with van der Waals surface area (Å²) in [5.41, 5.74) is -0.409. The van der Waals surface area contributed by atoms with Crippen LogP contribution in [0.3, 0.4) is 0 Å². The van der Waals surface area contributed by atoms with Gasteiger partial charge in [-0.2, -0.15) is 0 Å². The summed E-state index contributed by atoms with van der Waals surface area (Å²) in [6.45, 7) is 2.53. The van der Waals surface area contributed by atoms with E-state index in [9.17, 15) is 0 Å². The number of hydrogen-bond acceptors (Lipinski definition) is 4. The second-order valence-electron chi connectivity index (χ2n) is 4.11. The fourth-order valence-corrected chi connectivity index (χ4v) is 2.66. The van der Waals surface area contributed by atoms with Crippen LogP contribution < -0.4 is 0 Å². The molecule has 2 aliphatic heterocycles. The zero-order valence-corrected chi connectivity index (χ0v) is 9.15. The van der Waals surface area contributed by atoms with Gasteiger partial charge in [0.2, 0.25) is 0 Å². The highest BCUT2D eigenvalue weighted by molar-refractivity contribution is 6.11. The molecule has 0 radical (unpaired) electrons. The number of methoxy groups -OCH3 is 2. The first-order valence-corrected chi connectivity index (χ1v) is 5.00. The Morgan fingerprint density at radius 1 is 1.43 bits per heavy atom. The maximum Gasteiger partial charge on any atom is 0.145 e. The first kappa shape index (κ1) is 10.4. The standard InChI is InChI=1S/C9H17BO4/c1-5-9(4-11-2)7(12-3)6(13-5)8(10)14-9/h5-8H,4,10H2,1-3H3/t5-,6-,7?,8+,9-/m0/s1. The molecule has 4 nitrogen and oxygen atoms in total. The third kappa shape index (κ3) is 1.16. The SMILES string of the molecule is B[C@@H]1O[C@]2(COC)C(OC)[C@@H]1O[C@H]2C. The number of ether oxygens (including phenoxy) is 4. The van der Waals surface area contributed by atoms with Crippen LogP contribution in [-0.2, 0) is 18.9 Å². The van der Waals surface area contributed by atoms with Gasteiger partial charge < -0.3 is 18.9 Å². The van der Waals surface area contributed by atoms with Gasteiger partial charge in [-0.25, -0.2) is 0 Å². The summed E-state index contributed by atoms with van der Waals surface area (Å²) < 4.78 is 22.4. The van der Waals surface area contributed by atoms with Gasteiger partial charge in [0, 0.05) is 14.2 Å². The van der Waals surface area contributed by atoms with E-state index in [0.29, 0.717) is 6.61 Å². The molecule has 0 aliphatic carbocycles. The van der Waals surface area contributed by atoms with Gasteiger partial charge in [0.05, 0.1) is 18.7 Å². The minimum atomic E-state index is -0.409. The van der Waals surface area contributed by atoms with Gasteiger partial charge in [-0.1, -0.05) is 0 Å². The van der Waals surface area contributed by atoms with Crippen LogP contribution in [0.1, 0.15) is 6.92 Å². The van der Waals surface area contributed by atoms with Crippen molar-refractivity contribution in [2.45, 2.75) is 36.8 Å². The Balaban J connectivity index is 2.25. The van der Waals surface area contributed by atoms with Crippen molar-refractivity contribution < 1.29 is 18.9 Å². The zero-order chi connectivity index (χ0) is 10.3. The number of rotatable bonds is 3. The molecule has 2 rings (SSSR count). The van der Waals surface area contributed by atoms with E-state index in [1.165, 1.54) is 0 Å². The smallest absolute Gasteiger partial charge is 0.145 e. The Bertz CT molecular complexity index is 225. The zero-order valence-electron chi connectivity index (χ0n) is 9.15. The molecule has 0 aromatic heterocycles. The lowest BCUT2D eigenvalue weighted by Gasteiger charge is -2.34. The minimum absolute atomic E-state index is 0.00699. The van der Waals surface area contributed by atoms with E-state index in [0.717, 1.165) is 0 Å². The van der Waals surface area contributed by atoms with E-state index in [4.69, 9.17) is 18.9 Å². The molecule has 2 aliphatic rings. The van der Waals surface area contributed by atoms with Gasteiger partial charge in [0.1, 0.15) is 25.7 Å². The summed E-state index contributed by atoms with van der Waals surface area (Å²) in [6, 6.07) is 0.0892. The van der Waals surface area contributed by atoms with Crippen LogP contribution in [-0.4, -0.2) is 58.6 Å². The lowest BCUT2D eigenvalue weighted by molar-refractivity contribution is -0.178. The molecule has 14 heavy (non-hydrogen) atoms. The van der Waals surface area contributed by atoms with Gasteiger partial charge in [0.15, 0.2) is 0 Å². The van der Waals surface area contributed by atoms with Gasteiger partial charge in [-0.3, -0.25) is 0 Å². The molecular weight excluding hydrogens is 183 g/mol. The van der Waals surface area contributed by atoms with Gasteiger partial charge in [-0.05, 0) is 6.92 Å². The van der Waals surface area contributed by atoms with Crippen molar-refractivity contribution in [2.75, 3.05) is 20.8 Å². The Hall–Kier alpha value is -0.0951. The molecule has 2 saturated heterocycles. The second-order valence-corrected chi connectivity index (χ2v) is 4.11. The minimum Gasteiger partial charge on any atom is -0.381 e. The Morgan fingerprint density at radius 3 is 2.71 bits per heavy atom. The van der Waals surface area contributed by atoms with Crippen LogP contribution in [0.4, 0.5) is 0 Å². The molecule has 0 N–H and O–H groups in total.